The number of hydrogen-bond acceptors (Lipinski definition) is 3. The second-order valence-electron chi connectivity index (χ2n) is 4.87. The molecule has 1 saturated carbocycles. The number of nitrogens with zero attached hydrogens (tertiary/aromatic N) is 1. The lowest BCUT2D eigenvalue weighted by Crippen LogP contribution is -2.39. The molecule has 0 saturated heterocycles. The molecule has 1 aliphatic carbocycles. The van der Waals surface area contributed by atoms with Gasteiger partial charge in [-0.05, 0) is 31.0 Å². The Bertz CT molecular complexity index is 623. The molecule has 0 spiro atoms. The van der Waals surface area contributed by atoms with Crippen molar-refractivity contribution >= 4 is 43.3 Å². The summed E-state index contributed by atoms with van der Waals surface area (Å²) >= 11 is 9.28. The zero-order valence-electron chi connectivity index (χ0n) is 11.0. The first-order chi connectivity index (χ1) is 9.32. The van der Waals surface area contributed by atoms with Crippen molar-refractivity contribution in [1.29, 1.82) is 0 Å². The standard InChI is InChI=1S/C13H15BrClNO3S/c1-16(10-3-5-11(17)6-4-10)20(18,19)13-7-2-9(14)8-12(13)15/h2,7-8,10H,3-6H2,1H3. The minimum atomic E-state index is -3.63. The van der Waals surface area contributed by atoms with Gasteiger partial charge in [-0.2, -0.15) is 4.31 Å². The van der Waals surface area contributed by atoms with E-state index in [2.05, 4.69) is 15.9 Å². The van der Waals surface area contributed by atoms with E-state index in [9.17, 15) is 13.2 Å². The molecule has 0 aliphatic heterocycles. The first-order valence-electron chi connectivity index (χ1n) is 6.27. The molecule has 1 aliphatic rings. The van der Waals surface area contributed by atoms with Crippen molar-refractivity contribution in [2.45, 2.75) is 36.6 Å². The average molecular weight is 381 g/mol. The van der Waals surface area contributed by atoms with Crippen LogP contribution < -0.4 is 0 Å². The van der Waals surface area contributed by atoms with E-state index in [1.807, 2.05) is 0 Å². The van der Waals surface area contributed by atoms with Gasteiger partial charge in [0.2, 0.25) is 10.0 Å². The van der Waals surface area contributed by atoms with Crippen molar-refractivity contribution in [1.82, 2.24) is 4.31 Å². The fourth-order valence-electron chi connectivity index (χ4n) is 2.32. The van der Waals surface area contributed by atoms with E-state index in [4.69, 9.17) is 11.6 Å². The third-order valence-corrected chi connectivity index (χ3v) is 6.46. The minimum absolute atomic E-state index is 0.0989. The summed E-state index contributed by atoms with van der Waals surface area (Å²) in [6.45, 7) is 0. The summed E-state index contributed by atoms with van der Waals surface area (Å²) in [6.07, 6.45) is 2.03. The van der Waals surface area contributed by atoms with Crippen LogP contribution in [0.3, 0.4) is 0 Å². The van der Waals surface area contributed by atoms with Crippen LogP contribution in [0.5, 0.6) is 0 Å². The van der Waals surface area contributed by atoms with Gasteiger partial charge in [-0.1, -0.05) is 27.5 Å². The van der Waals surface area contributed by atoms with Crippen molar-refractivity contribution in [2.75, 3.05) is 7.05 Å². The molecular formula is C13H15BrClNO3S. The lowest BCUT2D eigenvalue weighted by atomic mass is 9.95. The van der Waals surface area contributed by atoms with Crippen molar-refractivity contribution in [3.8, 4) is 0 Å². The molecule has 0 bridgehead atoms. The zero-order valence-corrected chi connectivity index (χ0v) is 14.1. The zero-order chi connectivity index (χ0) is 14.9. The third kappa shape index (κ3) is 3.24. The number of carbonyl (C=O) groups excluding carboxylic acids is 1. The second kappa shape index (κ2) is 6.13. The van der Waals surface area contributed by atoms with Gasteiger partial charge >= 0.3 is 0 Å². The van der Waals surface area contributed by atoms with Crippen LogP contribution in [0.15, 0.2) is 27.6 Å². The van der Waals surface area contributed by atoms with Gasteiger partial charge < -0.3 is 0 Å². The Morgan fingerprint density at radius 1 is 1.30 bits per heavy atom. The van der Waals surface area contributed by atoms with Crippen LogP contribution in [-0.2, 0) is 14.8 Å². The van der Waals surface area contributed by atoms with E-state index in [0.29, 0.717) is 25.7 Å². The molecule has 20 heavy (non-hydrogen) atoms. The number of sulfonamides is 1. The molecule has 0 radical (unpaired) electrons. The van der Waals surface area contributed by atoms with Crippen LogP contribution in [-0.4, -0.2) is 31.6 Å². The number of halogens is 2. The summed E-state index contributed by atoms with van der Waals surface area (Å²) in [4.78, 5) is 11.3. The summed E-state index contributed by atoms with van der Waals surface area (Å²) in [6, 6.07) is 4.56. The fourth-order valence-corrected chi connectivity index (χ4v) is 4.75. The Labute approximate surface area is 132 Å². The molecule has 1 aromatic carbocycles. The predicted molar refractivity (Wildman–Crippen MR) is 81.4 cm³/mol. The molecule has 0 heterocycles. The van der Waals surface area contributed by atoms with E-state index < -0.39 is 10.0 Å². The van der Waals surface area contributed by atoms with E-state index in [0.717, 1.165) is 4.47 Å². The molecule has 110 valence electrons. The minimum Gasteiger partial charge on any atom is -0.300 e. The number of carbonyl (C=O) groups is 1. The number of Topliss-reactive ketones (excluding diaryl/α,β-unsaturated/α-hetero) is 1. The molecule has 0 unspecified atom stereocenters. The van der Waals surface area contributed by atoms with Gasteiger partial charge in [0.1, 0.15) is 10.7 Å². The Morgan fingerprint density at radius 3 is 2.45 bits per heavy atom. The normalized spacial score (nSPS) is 17.7. The largest absolute Gasteiger partial charge is 0.300 e. The maximum atomic E-state index is 12.6. The lowest BCUT2D eigenvalue weighted by Gasteiger charge is -2.30. The molecule has 1 aromatic rings. The molecule has 1 fully saturated rings. The number of hydrogen-bond donors (Lipinski definition) is 0. The maximum Gasteiger partial charge on any atom is 0.244 e. The SMILES string of the molecule is CN(C1CCC(=O)CC1)S(=O)(=O)c1ccc(Br)cc1Cl. The highest BCUT2D eigenvalue weighted by Gasteiger charge is 2.32. The molecule has 2 rings (SSSR count). The van der Waals surface area contributed by atoms with Crippen molar-refractivity contribution < 1.29 is 13.2 Å². The Kier molecular flexibility index (Phi) is 4.89. The summed E-state index contributed by atoms with van der Waals surface area (Å²) in [5.74, 6) is 0.203. The number of ketones is 1. The highest BCUT2D eigenvalue weighted by molar-refractivity contribution is 9.10. The van der Waals surface area contributed by atoms with E-state index >= 15 is 0 Å². The Balaban J connectivity index is 2.27. The molecular weight excluding hydrogens is 366 g/mol. The van der Waals surface area contributed by atoms with Crippen LogP contribution in [0.1, 0.15) is 25.7 Å². The van der Waals surface area contributed by atoms with Gasteiger partial charge in [0.15, 0.2) is 0 Å². The highest BCUT2D eigenvalue weighted by atomic mass is 79.9. The molecule has 0 N–H and O–H groups in total. The van der Waals surface area contributed by atoms with Crippen molar-refractivity contribution in [3.63, 3.8) is 0 Å². The van der Waals surface area contributed by atoms with Gasteiger partial charge in [0.25, 0.3) is 0 Å². The highest BCUT2D eigenvalue weighted by Crippen LogP contribution is 2.30. The number of benzene rings is 1. The molecule has 4 nitrogen and oxygen atoms in total. The topological polar surface area (TPSA) is 54.5 Å². The molecule has 0 aromatic heterocycles. The average Bonchev–Trinajstić information content (AvgIpc) is 2.38. The number of rotatable bonds is 3. The maximum absolute atomic E-state index is 12.6. The van der Waals surface area contributed by atoms with Crippen LogP contribution in [0, 0.1) is 0 Å². The Hall–Kier alpha value is -0.430. The quantitative estimate of drug-likeness (QED) is 0.809. The first-order valence-corrected chi connectivity index (χ1v) is 8.88. The van der Waals surface area contributed by atoms with E-state index in [1.54, 1.807) is 19.2 Å². The van der Waals surface area contributed by atoms with Crippen LogP contribution in [0.25, 0.3) is 0 Å². The van der Waals surface area contributed by atoms with E-state index in [1.165, 1.54) is 10.4 Å². The van der Waals surface area contributed by atoms with Crippen molar-refractivity contribution in [3.05, 3.63) is 27.7 Å². The van der Waals surface area contributed by atoms with Gasteiger partial charge in [-0.15, -0.1) is 0 Å². The van der Waals surface area contributed by atoms with Gasteiger partial charge in [-0.3, -0.25) is 4.79 Å². The van der Waals surface area contributed by atoms with E-state index in [-0.39, 0.29) is 21.7 Å². The second-order valence-corrected chi connectivity index (χ2v) is 8.15. The van der Waals surface area contributed by atoms with Gasteiger partial charge in [0, 0.05) is 30.4 Å². The molecule has 7 heteroatoms. The third-order valence-electron chi connectivity index (χ3n) is 3.58. The summed E-state index contributed by atoms with van der Waals surface area (Å²) in [7, 11) is -2.08. The van der Waals surface area contributed by atoms with Crippen LogP contribution >= 0.6 is 27.5 Å². The fraction of sp³-hybridized carbons (Fsp3) is 0.462. The Morgan fingerprint density at radius 2 is 1.90 bits per heavy atom. The summed E-state index contributed by atoms with van der Waals surface area (Å²) in [5.41, 5.74) is 0. The molecule has 0 amide bonds. The van der Waals surface area contributed by atoms with Crippen LogP contribution in [0.2, 0.25) is 5.02 Å². The monoisotopic (exact) mass is 379 g/mol. The summed E-state index contributed by atoms with van der Waals surface area (Å²) < 4.78 is 27.2. The first kappa shape index (κ1) is 15.9. The van der Waals surface area contributed by atoms with Crippen molar-refractivity contribution in [2.24, 2.45) is 0 Å². The lowest BCUT2D eigenvalue weighted by molar-refractivity contribution is -0.120. The summed E-state index contributed by atoms with van der Waals surface area (Å²) in [5, 5.41) is 0.193. The molecule has 0 atom stereocenters. The van der Waals surface area contributed by atoms with Gasteiger partial charge in [-0.25, -0.2) is 8.42 Å². The predicted octanol–water partition coefficient (Wildman–Crippen LogP) is 3.23. The van der Waals surface area contributed by atoms with Crippen LogP contribution in [0.4, 0.5) is 0 Å². The van der Waals surface area contributed by atoms with Gasteiger partial charge in [0.05, 0.1) is 5.02 Å². The smallest absolute Gasteiger partial charge is 0.244 e.